The Morgan fingerprint density at radius 3 is 2.49 bits per heavy atom. The van der Waals surface area contributed by atoms with Gasteiger partial charge in [0.15, 0.2) is 6.79 Å². The molecule has 4 aromatic rings. The van der Waals surface area contributed by atoms with Gasteiger partial charge in [0.2, 0.25) is 6.10 Å². The van der Waals surface area contributed by atoms with Gasteiger partial charge in [-0.2, -0.15) is 0 Å². The van der Waals surface area contributed by atoms with Gasteiger partial charge in [0.25, 0.3) is 5.91 Å². The van der Waals surface area contributed by atoms with Gasteiger partial charge in [-0.25, -0.2) is 22.9 Å². The molecule has 0 bridgehead atoms. The van der Waals surface area contributed by atoms with Gasteiger partial charge in [-0.3, -0.25) is 14.5 Å². The van der Waals surface area contributed by atoms with Crippen LogP contribution in [-0.2, 0) is 37.0 Å². The molecule has 2 aliphatic heterocycles. The van der Waals surface area contributed by atoms with Gasteiger partial charge in [0.1, 0.15) is 36.0 Å². The lowest BCUT2D eigenvalue weighted by atomic mass is 9.79. The Kier molecular flexibility index (Phi) is 11.6. The summed E-state index contributed by atoms with van der Waals surface area (Å²) in [5.41, 5.74) is 0.425. The van der Waals surface area contributed by atoms with Crippen LogP contribution in [0.15, 0.2) is 91.6 Å². The molecule has 5 atom stereocenters. The van der Waals surface area contributed by atoms with Crippen molar-refractivity contribution in [3.8, 4) is 17.0 Å². The van der Waals surface area contributed by atoms with E-state index in [9.17, 15) is 18.8 Å². The number of imidazole rings is 1. The van der Waals surface area contributed by atoms with Crippen LogP contribution < -0.4 is 4.74 Å². The van der Waals surface area contributed by atoms with E-state index in [0.29, 0.717) is 11.3 Å². The minimum atomic E-state index is -1.62. The summed E-state index contributed by atoms with van der Waals surface area (Å²) in [5.74, 6) is -3.13. The molecule has 14 heteroatoms. The van der Waals surface area contributed by atoms with E-state index in [1.54, 1.807) is 73.2 Å². The van der Waals surface area contributed by atoms with Gasteiger partial charge in [-0.05, 0) is 41.5 Å². The number of methoxy groups -OCH3 is 1. The third-order valence-electron chi connectivity index (χ3n) is 10.0. The number of halogens is 3. The summed E-state index contributed by atoms with van der Waals surface area (Å²) in [5, 5.41) is 0. The fraction of sp³-hybridized carbons (Fsp3) is 0.366. The molecule has 2 saturated heterocycles. The number of amides is 2. The normalized spacial score (nSPS) is 20.2. The molecule has 1 unspecified atom stereocenters. The highest BCUT2D eigenvalue weighted by atomic mass is 19.1. The highest BCUT2D eigenvalue weighted by Gasteiger charge is 2.59. The van der Waals surface area contributed by atoms with Crippen molar-refractivity contribution in [3.05, 3.63) is 120 Å². The SMILES string of the molecule is C=CC(C)(C)[C@H](c1nc(-c2cc(F)ccc2F)cn1Cc1cccc(OCOC)c1)N1C[C@@H]2C([C@H](OC(C)=O)C1=O)N(C(=O)OCc1ccccc1)C[C@@H]2F. The van der Waals surface area contributed by atoms with Crippen molar-refractivity contribution in [1.82, 2.24) is 19.4 Å². The molecule has 0 N–H and O–H groups in total. The minimum absolute atomic E-state index is 0.0127. The predicted molar refractivity (Wildman–Crippen MR) is 195 cm³/mol. The molecule has 2 fully saturated rings. The average Bonchev–Trinajstić information content (AvgIpc) is 3.72. The zero-order valence-electron chi connectivity index (χ0n) is 31.0. The Balaban J connectivity index is 1.42. The van der Waals surface area contributed by atoms with Crippen LogP contribution in [-0.4, -0.2) is 82.6 Å². The Bertz CT molecular complexity index is 2040. The number of piperidine rings is 1. The predicted octanol–water partition coefficient (Wildman–Crippen LogP) is 6.86. The van der Waals surface area contributed by atoms with Crippen LogP contribution in [0.4, 0.5) is 18.0 Å². The van der Waals surface area contributed by atoms with E-state index < -0.39 is 71.8 Å². The van der Waals surface area contributed by atoms with Crippen molar-refractivity contribution in [1.29, 1.82) is 0 Å². The van der Waals surface area contributed by atoms with Crippen molar-refractivity contribution in [2.24, 2.45) is 11.3 Å². The molecule has 0 radical (unpaired) electrons. The number of likely N-dealkylation sites (tertiary alicyclic amines) is 2. The zero-order valence-corrected chi connectivity index (χ0v) is 31.0. The fourth-order valence-electron chi connectivity index (χ4n) is 7.30. The Morgan fingerprint density at radius 1 is 1.04 bits per heavy atom. The maximum absolute atomic E-state index is 16.2. The summed E-state index contributed by atoms with van der Waals surface area (Å²) in [6.45, 7) is 8.24. The maximum atomic E-state index is 16.2. The minimum Gasteiger partial charge on any atom is -0.468 e. The van der Waals surface area contributed by atoms with Crippen molar-refractivity contribution >= 4 is 18.0 Å². The first-order valence-electron chi connectivity index (χ1n) is 17.8. The summed E-state index contributed by atoms with van der Waals surface area (Å²) in [6.07, 6.45) is -0.896. The quantitative estimate of drug-likeness (QED) is 0.0826. The molecular weight excluding hydrogens is 717 g/mol. The van der Waals surface area contributed by atoms with Crippen molar-refractivity contribution in [2.75, 3.05) is 27.0 Å². The number of nitrogens with zero attached hydrogens (tertiary/aromatic N) is 4. The molecule has 290 valence electrons. The van der Waals surface area contributed by atoms with Crippen LogP contribution in [0, 0.1) is 23.0 Å². The maximum Gasteiger partial charge on any atom is 0.410 e. The van der Waals surface area contributed by atoms with E-state index in [1.807, 2.05) is 12.1 Å². The highest BCUT2D eigenvalue weighted by molar-refractivity contribution is 5.87. The van der Waals surface area contributed by atoms with Crippen LogP contribution in [0.1, 0.15) is 43.8 Å². The number of hydrogen-bond acceptors (Lipinski definition) is 8. The number of esters is 1. The summed E-state index contributed by atoms with van der Waals surface area (Å²) < 4.78 is 69.5. The smallest absolute Gasteiger partial charge is 0.410 e. The zero-order chi connectivity index (χ0) is 39.4. The lowest BCUT2D eigenvalue weighted by molar-refractivity contribution is -0.172. The lowest BCUT2D eigenvalue weighted by Gasteiger charge is -2.47. The van der Waals surface area contributed by atoms with E-state index in [0.717, 1.165) is 35.6 Å². The molecule has 2 amide bonds. The van der Waals surface area contributed by atoms with Crippen molar-refractivity contribution in [3.63, 3.8) is 0 Å². The van der Waals surface area contributed by atoms with E-state index in [4.69, 9.17) is 23.9 Å². The second kappa shape index (κ2) is 16.4. The third-order valence-corrected chi connectivity index (χ3v) is 10.0. The Labute approximate surface area is 317 Å². The molecule has 11 nitrogen and oxygen atoms in total. The van der Waals surface area contributed by atoms with Crippen LogP contribution in [0.25, 0.3) is 11.3 Å². The monoisotopic (exact) mass is 760 g/mol. The first-order valence-corrected chi connectivity index (χ1v) is 17.8. The number of aromatic nitrogens is 2. The molecule has 55 heavy (non-hydrogen) atoms. The van der Waals surface area contributed by atoms with E-state index in [1.165, 1.54) is 12.0 Å². The van der Waals surface area contributed by atoms with Crippen LogP contribution >= 0.6 is 0 Å². The number of rotatable bonds is 13. The number of ether oxygens (including phenoxy) is 4. The van der Waals surface area contributed by atoms with Gasteiger partial charge < -0.3 is 28.4 Å². The number of carbonyl (C=O) groups excluding carboxylic acids is 3. The summed E-state index contributed by atoms with van der Waals surface area (Å²) in [7, 11) is 1.50. The molecule has 3 aromatic carbocycles. The van der Waals surface area contributed by atoms with Crippen LogP contribution in [0.3, 0.4) is 0 Å². The summed E-state index contributed by atoms with van der Waals surface area (Å²) in [6, 6.07) is 16.9. The number of hydrogen-bond donors (Lipinski definition) is 0. The molecule has 6 rings (SSSR count). The van der Waals surface area contributed by atoms with Crippen molar-refractivity contribution in [2.45, 2.75) is 58.3 Å². The summed E-state index contributed by atoms with van der Waals surface area (Å²) in [4.78, 5) is 48.1. The number of carbonyl (C=O) groups is 3. The second-order valence-electron chi connectivity index (χ2n) is 14.2. The first-order chi connectivity index (χ1) is 26.3. The number of fused-ring (bicyclic) bond motifs is 1. The van der Waals surface area contributed by atoms with Crippen molar-refractivity contribution < 1.29 is 46.5 Å². The van der Waals surface area contributed by atoms with Gasteiger partial charge in [0, 0.05) is 50.2 Å². The van der Waals surface area contributed by atoms with Gasteiger partial charge in [-0.15, -0.1) is 6.58 Å². The molecule has 1 aromatic heterocycles. The molecular formula is C41H43F3N4O7. The summed E-state index contributed by atoms with van der Waals surface area (Å²) >= 11 is 0. The number of alkyl halides is 1. The molecule has 0 aliphatic carbocycles. The lowest BCUT2D eigenvalue weighted by Crippen LogP contribution is -2.63. The van der Waals surface area contributed by atoms with E-state index in [2.05, 4.69) is 6.58 Å². The van der Waals surface area contributed by atoms with Gasteiger partial charge in [-0.1, -0.05) is 62.4 Å². The van der Waals surface area contributed by atoms with Crippen LogP contribution in [0.2, 0.25) is 0 Å². The number of benzene rings is 3. The third kappa shape index (κ3) is 8.39. The fourth-order valence-corrected chi connectivity index (χ4v) is 7.30. The molecule has 0 saturated carbocycles. The van der Waals surface area contributed by atoms with E-state index in [-0.39, 0.29) is 43.6 Å². The van der Waals surface area contributed by atoms with Crippen LogP contribution in [0.5, 0.6) is 5.75 Å². The Hall–Kier alpha value is -5.63. The second-order valence-corrected chi connectivity index (χ2v) is 14.2. The van der Waals surface area contributed by atoms with E-state index >= 15 is 8.78 Å². The molecule has 3 heterocycles. The average molecular weight is 761 g/mol. The largest absolute Gasteiger partial charge is 0.468 e. The topological polar surface area (TPSA) is 112 Å². The Morgan fingerprint density at radius 2 is 1.78 bits per heavy atom. The highest BCUT2D eigenvalue weighted by Crippen LogP contribution is 2.46. The first kappa shape index (κ1) is 39.1. The van der Waals surface area contributed by atoms with Gasteiger partial charge in [0.05, 0.1) is 24.3 Å². The standard InChI is InChI=1S/C41H43F3N4O7/c1-6-41(3,4)37(38-45-34(30-18-28(42)15-16-32(30)43)22-46(38)19-27-13-10-14-29(17-27)54-24-52-5)48-20-31-33(44)21-47(35(31)36(39(48)50)55-25(2)49)40(51)53-23-26-11-8-7-9-12-26/h6-18,22,31,33,35-37H,1,19-21,23-24H2,2-5H3/t31-,33-,35?,36-,37-/m0/s1. The molecule has 2 aliphatic rings. The molecule has 0 spiro atoms. The van der Waals surface area contributed by atoms with Gasteiger partial charge >= 0.3 is 12.1 Å².